The van der Waals surface area contributed by atoms with E-state index in [1.54, 1.807) is 0 Å². The number of aliphatic imine (C=N–C) groups is 1. The van der Waals surface area contributed by atoms with Crippen molar-refractivity contribution in [3.63, 3.8) is 0 Å². The summed E-state index contributed by atoms with van der Waals surface area (Å²) in [5.41, 5.74) is 2.52. The van der Waals surface area contributed by atoms with Crippen LogP contribution >= 0.6 is 24.0 Å². The molecule has 0 bridgehead atoms. The Morgan fingerprint density at radius 2 is 1.79 bits per heavy atom. The van der Waals surface area contributed by atoms with E-state index in [9.17, 15) is 4.79 Å². The van der Waals surface area contributed by atoms with Crippen LogP contribution in [0.4, 0.5) is 0 Å². The number of hydrogen-bond acceptors (Lipinski definition) is 4. The maximum Gasteiger partial charge on any atom is 0.310 e. The topological polar surface area (TPSA) is 57.2 Å². The summed E-state index contributed by atoms with van der Waals surface area (Å²) in [6.45, 7) is 14.6. The number of esters is 1. The lowest BCUT2D eigenvalue weighted by Gasteiger charge is -2.21. The van der Waals surface area contributed by atoms with Gasteiger partial charge in [-0.15, -0.1) is 24.0 Å². The number of carbonyl (C=O) groups is 1. The summed E-state index contributed by atoms with van der Waals surface area (Å²) in [5, 5.41) is 3.36. The molecule has 1 N–H and O–H groups in total. The van der Waals surface area contributed by atoms with E-state index in [1.165, 1.54) is 18.2 Å². The largest absolute Gasteiger partial charge is 0.469 e. The molecule has 164 valence electrons. The minimum atomic E-state index is -0.130. The highest BCUT2D eigenvalue weighted by Crippen LogP contribution is 2.24. The second-order valence-electron chi connectivity index (χ2n) is 7.46. The number of hydrogen-bond donors (Lipinski definition) is 1. The molecule has 0 radical (unpaired) electrons. The zero-order chi connectivity index (χ0) is 20.5. The Morgan fingerprint density at radius 3 is 2.34 bits per heavy atom. The molecule has 1 heterocycles. The normalized spacial score (nSPS) is 19.2. The summed E-state index contributed by atoms with van der Waals surface area (Å²) in [6, 6.07) is 8.72. The van der Waals surface area contributed by atoms with Crippen molar-refractivity contribution in [2.75, 3.05) is 39.8 Å². The first-order chi connectivity index (χ1) is 13.5. The third kappa shape index (κ3) is 7.44. The Hall–Kier alpha value is -1.35. The van der Waals surface area contributed by atoms with E-state index in [-0.39, 0.29) is 41.8 Å². The lowest BCUT2D eigenvalue weighted by Crippen LogP contribution is -2.40. The summed E-state index contributed by atoms with van der Waals surface area (Å²) in [6.07, 6.45) is 0. The molecule has 6 nitrogen and oxygen atoms in total. The summed E-state index contributed by atoms with van der Waals surface area (Å²) in [7, 11) is 1.46. The van der Waals surface area contributed by atoms with Crippen LogP contribution in [0.3, 0.4) is 0 Å². The molecule has 0 amide bonds. The van der Waals surface area contributed by atoms with Gasteiger partial charge in [0.15, 0.2) is 5.96 Å². The average Bonchev–Trinajstić information content (AvgIpc) is 3.11. The Balaban J connectivity index is 0.00000420. The SMILES string of the molecule is CCNC(=NCc1ccc(CN(CC)CC)cc1)N1CC(C)C(C(=O)OC)C1.I. The minimum Gasteiger partial charge on any atom is -0.469 e. The Labute approximate surface area is 193 Å². The second kappa shape index (κ2) is 13.1. The lowest BCUT2D eigenvalue weighted by molar-refractivity contribution is -0.145. The molecule has 29 heavy (non-hydrogen) atoms. The molecule has 0 aromatic heterocycles. The number of benzene rings is 1. The van der Waals surface area contributed by atoms with Crippen molar-refractivity contribution in [3.8, 4) is 0 Å². The van der Waals surface area contributed by atoms with Gasteiger partial charge in [-0.2, -0.15) is 0 Å². The van der Waals surface area contributed by atoms with E-state index in [2.05, 4.69) is 67.1 Å². The molecule has 1 fully saturated rings. The minimum absolute atomic E-state index is 0. The van der Waals surface area contributed by atoms with Crippen LogP contribution in [-0.4, -0.2) is 61.6 Å². The van der Waals surface area contributed by atoms with Crippen molar-refractivity contribution in [2.45, 2.75) is 40.8 Å². The number of ether oxygens (including phenoxy) is 1. The number of nitrogens with one attached hydrogen (secondary N) is 1. The van der Waals surface area contributed by atoms with Gasteiger partial charge in [0.05, 0.1) is 19.6 Å². The van der Waals surface area contributed by atoms with Gasteiger partial charge in [0, 0.05) is 26.2 Å². The number of nitrogens with zero attached hydrogens (tertiary/aromatic N) is 3. The van der Waals surface area contributed by atoms with E-state index in [4.69, 9.17) is 9.73 Å². The summed E-state index contributed by atoms with van der Waals surface area (Å²) in [5.74, 6) is 0.909. The molecule has 0 spiro atoms. The summed E-state index contributed by atoms with van der Waals surface area (Å²) in [4.78, 5) is 21.4. The van der Waals surface area contributed by atoms with E-state index in [0.717, 1.165) is 38.7 Å². The van der Waals surface area contributed by atoms with Crippen LogP contribution in [0.25, 0.3) is 0 Å². The van der Waals surface area contributed by atoms with Crippen molar-refractivity contribution in [3.05, 3.63) is 35.4 Å². The van der Waals surface area contributed by atoms with Crippen LogP contribution in [0, 0.1) is 11.8 Å². The molecule has 2 rings (SSSR count). The highest BCUT2D eigenvalue weighted by Gasteiger charge is 2.36. The van der Waals surface area contributed by atoms with Crippen LogP contribution in [-0.2, 0) is 22.6 Å². The monoisotopic (exact) mass is 516 g/mol. The third-order valence-corrected chi connectivity index (χ3v) is 5.49. The molecular weight excluding hydrogens is 479 g/mol. The second-order valence-corrected chi connectivity index (χ2v) is 7.46. The highest BCUT2D eigenvalue weighted by molar-refractivity contribution is 14.0. The van der Waals surface area contributed by atoms with Gasteiger partial charge in [-0.05, 0) is 37.1 Å². The average molecular weight is 516 g/mol. The van der Waals surface area contributed by atoms with Gasteiger partial charge in [0.25, 0.3) is 0 Å². The molecule has 1 aliphatic rings. The van der Waals surface area contributed by atoms with Gasteiger partial charge in [-0.1, -0.05) is 45.0 Å². The van der Waals surface area contributed by atoms with Crippen molar-refractivity contribution in [1.82, 2.24) is 15.1 Å². The highest BCUT2D eigenvalue weighted by atomic mass is 127. The number of rotatable bonds is 8. The van der Waals surface area contributed by atoms with Gasteiger partial charge in [-0.3, -0.25) is 9.69 Å². The summed E-state index contributed by atoms with van der Waals surface area (Å²) < 4.78 is 4.95. The smallest absolute Gasteiger partial charge is 0.310 e. The van der Waals surface area contributed by atoms with E-state index >= 15 is 0 Å². The van der Waals surface area contributed by atoms with E-state index in [0.29, 0.717) is 13.1 Å². The van der Waals surface area contributed by atoms with Crippen molar-refractivity contribution >= 4 is 35.9 Å². The zero-order valence-electron chi connectivity index (χ0n) is 18.5. The molecule has 1 aromatic carbocycles. The van der Waals surface area contributed by atoms with Crippen LogP contribution in [0.2, 0.25) is 0 Å². The quantitative estimate of drug-likeness (QED) is 0.249. The van der Waals surface area contributed by atoms with Crippen LogP contribution < -0.4 is 5.32 Å². The van der Waals surface area contributed by atoms with E-state index < -0.39 is 0 Å². The predicted octanol–water partition coefficient (Wildman–Crippen LogP) is 3.35. The Bertz CT molecular complexity index is 647. The lowest BCUT2D eigenvalue weighted by atomic mass is 9.99. The maximum atomic E-state index is 12.0. The van der Waals surface area contributed by atoms with Crippen LogP contribution in [0.5, 0.6) is 0 Å². The maximum absolute atomic E-state index is 12.0. The first-order valence-corrected chi connectivity index (χ1v) is 10.4. The number of likely N-dealkylation sites (tertiary alicyclic amines) is 1. The molecule has 2 atom stereocenters. The fourth-order valence-electron chi connectivity index (χ4n) is 3.65. The summed E-state index contributed by atoms with van der Waals surface area (Å²) >= 11 is 0. The first-order valence-electron chi connectivity index (χ1n) is 10.4. The van der Waals surface area contributed by atoms with Gasteiger partial charge < -0.3 is 15.0 Å². The van der Waals surface area contributed by atoms with Crippen LogP contribution in [0.15, 0.2) is 29.3 Å². The Morgan fingerprint density at radius 1 is 1.17 bits per heavy atom. The van der Waals surface area contributed by atoms with Crippen LogP contribution in [0.1, 0.15) is 38.8 Å². The third-order valence-electron chi connectivity index (χ3n) is 5.49. The van der Waals surface area contributed by atoms with Crippen molar-refractivity contribution in [2.24, 2.45) is 16.8 Å². The first kappa shape index (κ1) is 25.7. The molecule has 0 saturated carbocycles. The van der Waals surface area contributed by atoms with Gasteiger partial charge >= 0.3 is 5.97 Å². The van der Waals surface area contributed by atoms with Gasteiger partial charge in [-0.25, -0.2) is 4.99 Å². The fourth-order valence-corrected chi connectivity index (χ4v) is 3.65. The standard InChI is InChI=1S/C22H36N4O2.HI/c1-6-23-22(26-14-17(4)20(16-26)21(27)28-5)24-13-18-9-11-19(12-10-18)15-25(7-2)8-3;/h9-12,17,20H,6-8,13-16H2,1-5H3,(H,23,24);1H. The molecule has 1 aromatic rings. The van der Waals surface area contributed by atoms with Crippen molar-refractivity contribution in [1.29, 1.82) is 0 Å². The molecule has 2 unspecified atom stereocenters. The van der Waals surface area contributed by atoms with Crippen molar-refractivity contribution < 1.29 is 9.53 Å². The van der Waals surface area contributed by atoms with Gasteiger partial charge in [0.2, 0.25) is 0 Å². The molecular formula is C22H37IN4O2. The van der Waals surface area contributed by atoms with E-state index in [1.807, 2.05) is 0 Å². The number of carbonyl (C=O) groups excluding carboxylic acids is 1. The molecule has 0 aliphatic carbocycles. The molecule has 7 heteroatoms. The Kier molecular flexibility index (Phi) is 11.6. The fraction of sp³-hybridized carbons (Fsp3) is 0.636. The number of halogens is 1. The zero-order valence-corrected chi connectivity index (χ0v) is 20.8. The predicted molar refractivity (Wildman–Crippen MR) is 130 cm³/mol. The molecule has 1 aliphatic heterocycles. The number of guanidine groups is 1. The number of methoxy groups -OCH3 is 1. The molecule has 1 saturated heterocycles. The van der Waals surface area contributed by atoms with Gasteiger partial charge in [0.1, 0.15) is 0 Å².